The number of hydrogen-bond donors (Lipinski definition) is 2. The number of hydrogen-bond acceptors (Lipinski definition) is 3. The van der Waals surface area contributed by atoms with Crippen molar-refractivity contribution >= 4 is 0 Å². The van der Waals surface area contributed by atoms with E-state index in [-0.39, 0.29) is 18.1 Å². The number of rotatable bonds is 4. The van der Waals surface area contributed by atoms with Gasteiger partial charge in [0.1, 0.15) is 0 Å². The molecule has 1 fully saturated rings. The van der Waals surface area contributed by atoms with Crippen LogP contribution in [0.1, 0.15) is 17.2 Å². The second kappa shape index (κ2) is 4.53. The zero-order valence-corrected chi connectivity index (χ0v) is 9.86. The van der Waals surface area contributed by atoms with Crippen LogP contribution in [0.25, 0.3) is 0 Å². The van der Waals surface area contributed by atoms with Crippen molar-refractivity contribution in [2.45, 2.75) is 13.0 Å². The molecule has 0 bridgehead atoms. The first-order valence-electron chi connectivity index (χ1n) is 5.64. The van der Waals surface area contributed by atoms with Gasteiger partial charge in [0.15, 0.2) is 0 Å². The van der Waals surface area contributed by atoms with E-state index in [1.54, 1.807) is 0 Å². The first kappa shape index (κ1) is 11.6. The highest BCUT2D eigenvalue weighted by Crippen LogP contribution is 2.40. The van der Waals surface area contributed by atoms with Gasteiger partial charge in [0, 0.05) is 6.04 Å². The molecule has 0 amide bonds. The molecule has 0 aromatic heterocycles. The smallest absolute Gasteiger partial charge is 0.0596 e. The van der Waals surface area contributed by atoms with Gasteiger partial charge in [0.05, 0.1) is 25.2 Å². The van der Waals surface area contributed by atoms with Gasteiger partial charge in [-0.2, -0.15) is 0 Å². The van der Waals surface area contributed by atoms with Gasteiger partial charge in [-0.3, -0.25) is 0 Å². The number of aliphatic hydroxyl groups excluding tert-OH is 1. The third kappa shape index (κ3) is 1.86. The maximum absolute atomic E-state index is 9.55. The second-order valence-corrected chi connectivity index (χ2v) is 4.65. The van der Waals surface area contributed by atoms with Crippen molar-refractivity contribution in [2.24, 2.45) is 5.41 Å². The SMILES string of the molecule is CNC(c1cccc(C)c1)C1(CO)COC1. The van der Waals surface area contributed by atoms with E-state index in [1.165, 1.54) is 11.1 Å². The highest BCUT2D eigenvalue weighted by atomic mass is 16.5. The van der Waals surface area contributed by atoms with E-state index >= 15 is 0 Å². The van der Waals surface area contributed by atoms with Gasteiger partial charge in [-0.25, -0.2) is 0 Å². The van der Waals surface area contributed by atoms with Crippen LogP contribution in [-0.4, -0.2) is 32.0 Å². The summed E-state index contributed by atoms with van der Waals surface area (Å²) >= 11 is 0. The Balaban J connectivity index is 2.28. The lowest BCUT2D eigenvalue weighted by atomic mass is 9.75. The zero-order chi connectivity index (χ0) is 11.6. The van der Waals surface area contributed by atoms with Crippen LogP contribution in [0.15, 0.2) is 24.3 Å². The lowest BCUT2D eigenvalue weighted by molar-refractivity contribution is -0.155. The predicted molar refractivity (Wildman–Crippen MR) is 63.3 cm³/mol. The van der Waals surface area contributed by atoms with Gasteiger partial charge < -0.3 is 15.2 Å². The third-order valence-corrected chi connectivity index (χ3v) is 3.37. The topological polar surface area (TPSA) is 41.5 Å². The van der Waals surface area contributed by atoms with Crippen LogP contribution in [0.3, 0.4) is 0 Å². The van der Waals surface area contributed by atoms with Gasteiger partial charge in [-0.05, 0) is 19.5 Å². The molecule has 3 nitrogen and oxygen atoms in total. The molecule has 1 aromatic rings. The number of aryl methyl sites for hydroxylation is 1. The third-order valence-electron chi connectivity index (χ3n) is 3.37. The fourth-order valence-corrected chi connectivity index (χ4v) is 2.39. The van der Waals surface area contributed by atoms with Gasteiger partial charge >= 0.3 is 0 Å². The van der Waals surface area contributed by atoms with E-state index in [0.717, 1.165) is 0 Å². The summed E-state index contributed by atoms with van der Waals surface area (Å²) in [5.41, 5.74) is 2.31. The predicted octanol–water partition coefficient (Wildman–Crippen LogP) is 1.26. The van der Waals surface area contributed by atoms with Crippen molar-refractivity contribution in [3.8, 4) is 0 Å². The molecular formula is C13H19NO2. The fraction of sp³-hybridized carbons (Fsp3) is 0.538. The maximum atomic E-state index is 9.55. The van der Waals surface area contributed by atoms with Crippen LogP contribution in [0.4, 0.5) is 0 Å². The van der Waals surface area contributed by atoms with E-state index < -0.39 is 0 Å². The van der Waals surface area contributed by atoms with E-state index in [0.29, 0.717) is 13.2 Å². The molecule has 1 aromatic carbocycles. The highest BCUT2D eigenvalue weighted by Gasteiger charge is 2.45. The van der Waals surface area contributed by atoms with Crippen molar-refractivity contribution < 1.29 is 9.84 Å². The molecule has 1 atom stereocenters. The van der Waals surface area contributed by atoms with Crippen molar-refractivity contribution in [1.29, 1.82) is 0 Å². The summed E-state index contributed by atoms with van der Waals surface area (Å²) in [6.07, 6.45) is 0. The summed E-state index contributed by atoms with van der Waals surface area (Å²) in [5, 5.41) is 12.8. The second-order valence-electron chi connectivity index (χ2n) is 4.65. The van der Waals surface area contributed by atoms with E-state index in [1.807, 2.05) is 7.05 Å². The van der Waals surface area contributed by atoms with Crippen LogP contribution >= 0.6 is 0 Å². The molecular weight excluding hydrogens is 202 g/mol. The molecule has 88 valence electrons. The first-order chi connectivity index (χ1) is 7.72. The summed E-state index contributed by atoms with van der Waals surface area (Å²) in [7, 11) is 1.93. The summed E-state index contributed by atoms with van der Waals surface area (Å²) in [6.45, 7) is 3.50. The minimum absolute atomic E-state index is 0.150. The molecule has 0 aliphatic carbocycles. The quantitative estimate of drug-likeness (QED) is 0.804. The van der Waals surface area contributed by atoms with E-state index in [9.17, 15) is 5.11 Å². The van der Waals surface area contributed by atoms with Crippen LogP contribution < -0.4 is 5.32 Å². The van der Waals surface area contributed by atoms with Crippen molar-refractivity contribution in [2.75, 3.05) is 26.9 Å². The van der Waals surface area contributed by atoms with Crippen LogP contribution in [0, 0.1) is 12.3 Å². The van der Waals surface area contributed by atoms with Gasteiger partial charge in [-0.1, -0.05) is 29.8 Å². The Morgan fingerprint density at radius 3 is 2.69 bits per heavy atom. The average Bonchev–Trinajstić information content (AvgIpc) is 2.23. The lowest BCUT2D eigenvalue weighted by Crippen LogP contribution is -2.53. The van der Waals surface area contributed by atoms with Gasteiger partial charge in [0.2, 0.25) is 0 Å². The minimum Gasteiger partial charge on any atom is -0.396 e. The largest absolute Gasteiger partial charge is 0.396 e. The Hall–Kier alpha value is -0.900. The molecule has 1 saturated heterocycles. The summed E-state index contributed by atoms with van der Waals surface area (Å²) in [4.78, 5) is 0. The summed E-state index contributed by atoms with van der Waals surface area (Å²) in [6, 6.07) is 8.56. The Morgan fingerprint density at radius 1 is 1.50 bits per heavy atom. The molecule has 1 unspecified atom stereocenters. The number of nitrogens with one attached hydrogen (secondary N) is 1. The molecule has 0 spiro atoms. The fourth-order valence-electron chi connectivity index (χ4n) is 2.39. The van der Waals surface area contributed by atoms with Crippen LogP contribution in [0.2, 0.25) is 0 Å². The highest BCUT2D eigenvalue weighted by molar-refractivity contribution is 5.27. The zero-order valence-electron chi connectivity index (χ0n) is 9.86. The molecule has 0 saturated carbocycles. The van der Waals surface area contributed by atoms with E-state index in [4.69, 9.17) is 4.74 Å². The first-order valence-corrected chi connectivity index (χ1v) is 5.64. The van der Waals surface area contributed by atoms with Crippen molar-refractivity contribution in [3.63, 3.8) is 0 Å². The summed E-state index contributed by atoms with van der Waals surface area (Å²) in [5.74, 6) is 0. The van der Waals surface area contributed by atoms with Gasteiger partial charge in [-0.15, -0.1) is 0 Å². The average molecular weight is 221 g/mol. The molecule has 1 heterocycles. The Kier molecular flexibility index (Phi) is 3.28. The number of benzene rings is 1. The van der Waals surface area contributed by atoms with Crippen LogP contribution in [-0.2, 0) is 4.74 Å². The number of ether oxygens (including phenoxy) is 1. The van der Waals surface area contributed by atoms with Crippen molar-refractivity contribution in [3.05, 3.63) is 35.4 Å². The Morgan fingerprint density at radius 2 is 2.25 bits per heavy atom. The lowest BCUT2D eigenvalue weighted by Gasteiger charge is -2.46. The molecule has 2 N–H and O–H groups in total. The standard InChI is InChI=1S/C13H19NO2/c1-10-4-3-5-11(6-10)12(14-2)13(7-15)8-16-9-13/h3-6,12,14-15H,7-9H2,1-2H3. The van der Waals surface area contributed by atoms with Crippen LogP contribution in [0.5, 0.6) is 0 Å². The maximum Gasteiger partial charge on any atom is 0.0596 e. The van der Waals surface area contributed by atoms with E-state index in [2.05, 4.69) is 36.5 Å². The summed E-state index contributed by atoms with van der Waals surface area (Å²) < 4.78 is 5.26. The Bertz CT molecular complexity index is 355. The monoisotopic (exact) mass is 221 g/mol. The molecule has 1 aliphatic heterocycles. The van der Waals surface area contributed by atoms with Crippen molar-refractivity contribution in [1.82, 2.24) is 5.32 Å². The molecule has 16 heavy (non-hydrogen) atoms. The molecule has 0 radical (unpaired) electrons. The minimum atomic E-state index is -0.150. The number of aliphatic hydroxyl groups is 1. The molecule has 3 heteroatoms. The normalized spacial score (nSPS) is 20.2. The Labute approximate surface area is 96.4 Å². The molecule has 2 rings (SSSR count). The van der Waals surface area contributed by atoms with Gasteiger partial charge in [0.25, 0.3) is 0 Å². The molecule has 1 aliphatic rings.